The first-order valence-corrected chi connectivity index (χ1v) is 9.23. The largest absolute Gasteiger partial charge is 0.295 e. The maximum atomic E-state index is 11.5. The molecule has 0 bridgehead atoms. The molecule has 0 saturated heterocycles. The number of benzene rings is 2. The van der Waals surface area contributed by atoms with Gasteiger partial charge in [0.25, 0.3) is 0 Å². The van der Waals surface area contributed by atoms with Gasteiger partial charge in [-0.15, -0.1) is 0 Å². The van der Waals surface area contributed by atoms with E-state index < -0.39 is 9.84 Å². The smallest absolute Gasteiger partial charge is 0.175 e. The minimum Gasteiger partial charge on any atom is -0.295 e. The lowest BCUT2D eigenvalue weighted by Gasteiger charge is -2.26. The molecule has 0 heterocycles. The van der Waals surface area contributed by atoms with Crippen LogP contribution in [0.25, 0.3) is 0 Å². The van der Waals surface area contributed by atoms with Gasteiger partial charge in [0.1, 0.15) is 0 Å². The maximum absolute atomic E-state index is 11.5. The second kappa shape index (κ2) is 6.63. The van der Waals surface area contributed by atoms with Crippen molar-refractivity contribution in [2.75, 3.05) is 13.3 Å². The third-order valence-corrected chi connectivity index (χ3v) is 5.26. The predicted octanol–water partition coefficient (Wildman–Crippen LogP) is 3.59. The van der Waals surface area contributed by atoms with Crippen LogP contribution in [0.2, 0.25) is 0 Å². The topological polar surface area (TPSA) is 37.4 Å². The highest BCUT2D eigenvalue weighted by Gasteiger charge is 2.14. The van der Waals surface area contributed by atoms with Gasteiger partial charge >= 0.3 is 0 Å². The van der Waals surface area contributed by atoms with Crippen LogP contribution in [-0.4, -0.2) is 26.6 Å². The average Bonchev–Trinajstić information content (AvgIpc) is 2.48. The van der Waals surface area contributed by atoms with E-state index >= 15 is 0 Å². The number of hydrogen-bond acceptors (Lipinski definition) is 3. The molecule has 0 spiro atoms. The van der Waals surface area contributed by atoms with Crippen molar-refractivity contribution in [2.45, 2.75) is 31.3 Å². The Labute approximate surface area is 133 Å². The molecule has 0 aliphatic carbocycles. The lowest BCUT2D eigenvalue weighted by Crippen LogP contribution is -2.22. The molecule has 22 heavy (non-hydrogen) atoms. The van der Waals surface area contributed by atoms with Gasteiger partial charge in [0.2, 0.25) is 0 Å². The van der Waals surface area contributed by atoms with E-state index in [0.717, 1.165) is 12.1 Å². The average molecular weight is 317 g/mol. The summed E-state index contributed by atoms with van der Waals surface area (Å²) in [4.78, 5) is 2.63. The number of aryl methyl sites for hydroxylation is 1. The second-order valence-corrected chi connectivity index (χ2v) is 7.87. The molecule has 0 aromatic heterocycles. The van der Waals surface area contributed by atoms with Gasteiger partial charge in [0.15, 0.2) is 9.84 Å². The lowest BCUT2D eigenvalue weighted by atomic mass is 10.0. The van der Waals surface area contributed by atoms with Crippen molar-refractivity contribution in [1.29, 1.82) is 0 Å². The molecule has 4 heteroatoms. The van der Waals surface area contributed by atoms with Crippen LogP contribution in [0.5, 0.6) is 0 Å². The van der Waals surface area contributed by atoms with Gasteiger partial charge in [-0.1, -0.05) is 36.4 Å². The van der Waals surface area contributed by atoms with E-state index in [-0.39, 0.29) is 6.04 Å². The summed E-state index contributed by atoms with van der Waals surface area (Å²) in [6.45, 7) is 5.12. The molecule has 0 amide bonds. The van der Waals surface area contributed by atoms with Crippen molar-refractivity contribution in [3.8, 4) is 0 Å². The third kappa shape index (κ3) is 3.96. The van der Waals surface area contributed by atoms with Gasteiger partial charge in [-0.2, -0.15) is 0 Å². The molecule has 0 saturated carbocycles. The highest BCUT2D eigenvalue weighted by molar-refractivity contribution is 7.90. The van der Waals surface area contributed by atoms with Crippen LogP contribution in [0.15, 0.2) is 53.4 Å². The molecule has 2 aromatic rings. The molecule has 0 radical (unpaired) electrons. The predicted molar refractivity (Wildman–Crippen MR) is 90.6 cm³/mol. The van der Waals surface area contributed by atoms with E-state index in [2.05, 4.69) is 44.0 Å². The van der Waals surface area contributed by atoms with Crippen molar-refractivity contribution in [3.63, 3.8) is 0 Å². The molecule has 2 aromatic carbocycles. The Hall–Kier alpha value is -1.65. The molecule has 0 fully saturated rings. The van der Waals surface area contributed by atoms with E-state index in [0.29, 0.717) is 4.90 Å². The third-order valence-electron chi connectivity index (χ3n) is 4.13. The maximum Gasteiger partial charge on any atom is 0.175 e. The van der Waals surface area contributed by atoms with Crippen LogP contribution in [0.4, 0.5) is 0 Å². The Morgan fingerprint density at radius 3 is 2.18 bits per heavy atom. The van der Waals surface area contributed by atoms with Crippen LogP contribution >= 0.6 is 0 Å². The molecule has 0 aliphatic heterocycles. The van der Waals surface area contributed by atoms with E-state index in [9.17, 15) is 8.42 Å². The fourth-order valence-corrected chi connectivity index (χ4v) is 3.07. The molecule has 3 nitrogen and oxygen atoms in total. The zero-order valence-corrected chi connectivity index (χ0v) is 14.4. The molecule has 0 N–H and O–H groups in total. The summed E-state index contributed by atoms with van der Waals surface area (Å²) in [6, 6.07) is 15.7. The van der Waals surface area contributed by atoms with Crippen molar-refractivity contribution in [2.24, 2.45) is 0 Å². The summed E-state index contributed by atoms with van der Waals surface area (Å²) < 4.78 is 23.0. The molecule has 0 aliphatic rings. The Morgan fingerprint density at radius 1 is 1.05 bits per heavy atom. The van der Waals surface area contributed by atoms with Crippen molar-refractivity contribution in [3.05, 3.63) is 65.2 Å². The fraction of sp³-hybridized carbons (Fsp3) is 0.333. The number of hydrogen-bond donors (Lipinski definition) is 0. The highest BCUT2D eigenvalue weighted by Crippen LogP contribution is 2.23. The SMILES string of the molecule is Cc1ccccc1CN(C)C(C)c1ccc(S(C)(=O)=O)cc1. The molecule has 1 unspecified atom stereocenters. The highest BCUT2D eigenvalue weighted by atomic mass is 32.2. The summed E-state index contributed by atoms with van der Waals surface area (Å²) in [7, 11) is -1.05. The van der Waals surface area contributed by atoms with Gasteiger partial charge in [-0.25, -0.2) is 8.42 Å². The summed E-state index contributed by atoms with van der Waals surface area (Å²) >= 11 is 0. The number of rotatable bonds is 5. The van der Waals surface area contributed by atoms with Gasteiger partial charge in [-0.05, 0) is 49.7 Å². The van der Waals surface area contributed by atoms with Crippen LogP contribution in [0.3, 0.4) is 0 Å². The Balaban J connectivity index is 2.14. The van der Waals surface area contributed by atoms with Crippen LogP contribution in [-0.2, 0) is 16.4 Å². The monoisotopic (exact) mass is 317 g/mol. The zero-order valence-electron chi connectivity index (χ0n) is 13.6. The molecule has 2 rings (SSSR count). The van der Waals surface area contributed by atoms with Crippen molar-refractivity contribution < 1.29 is 8.42 Å². The molecule has 118 valence electrons. The van der Waals surface area contributed by atoms with Gasteiger partial charge in [-0.3, -0.25) is 4.90 Å². The summed E-state index contributed by atoms with van der Waals surface area (Å²) in [5, 5.41) is 0. The standard InChI is InChI=1S/C18H23NO2S/c1-14-7-5-6-8-17(14)13-19(3)15(2)16-9-11-18(12-10-16)22(4,20)21/h5-12,15H,13H2,1-4H3. The molecular weight excluding hydrogens is 294 g/mol. The quantitative estimate of drug-likeness (QED) is 0.845. The van der Waals surface area contributed by atoms with E-state index in [1.165, 1.54) is 17.4 Å². The molecule has 1 atom stereocenters. The normalized spacial score (nSPS) is 13.3. The Bertz CT molecular complexity index is 736. The first-order valence-electron chi connectivity index (χ1n) is 7.34. The van der Waals surface area contributed by atoms with Crippen molar-refractivity contribution in [1.82, 2.24) is 4.90 Å². The first-order chi connectivity index (χ1) is 10.3. The van der Waals surface area contributed by atoms with E-state index in [4.69, 9.17) is 0 Å². The van der Waals surface area contributed by atoms with E-state index in [1.54, 1.807) is 12.1 Å². The van der Waals surface area contributed by atoms with Gasteiger partial charge in [0, 0.05) is 18.8 Å². The summed E-state index contributed by atoms with van der Waals surface area (Å²) in [6.07, 6.45) is 1.23. The minimum absolute atomic E-state index is 0.216. The van der Waals surface area contributed by atoms with Crippen LogP contribution < -0.4 is 0 Å². The van der Waals surface area contributed by atoms with Crippen LogP contribution in [0, 0.1) is 6.92 Å². The first kappa shape index (κ1) is 16.7. The fourth-order valence-electron chi connectivity index (χ4n) is 2.44. The second-order valence-electron chi connectivity index (χ2n) is 5.86. The molecular formula is C18H23NO2S. The Kier molecular flexibility index (Phi) is 5.04. The van der Waals surface area contributed by atoms with Crippen LogP contribution in [0.1, 0.15) is 29.7 Å². The van der Waals surface area contributed by atoms with Gasteiger partial charge in [0.05, 0.1) is 4.90 Å². The lowest BCUT2D eigenvalue weighted by molar-refractivity contribution is 0.252. The zero-order chi connectivity index (χ0) is 16.3. The Morgan fingerprint density at radius 2 is 1.64 bits per heavy atom. The van der Waals surface area contributed by atoms with Crippen molar-refractivity contribution >= 4 is 9.84 Å². The summed E-state index contributed by atoms with van der Waals surface area (Å²) in [5.74, 6) is 0. The summed E-state index contributed by atoms with van der Waals surface area (Å²) in [5.41, 5.74) is 3.71. The number of sulfone groups is 1. The van der Waals surface area contributed by atoms with Gasteiger partial charge < -0.3 is 0 Å². The number of nitrogens with zero attached hydrogens (tertiary/aromatic N) is 1. The minimum atomic E-state index is -3.13. The van der Waals surface area contributed by atoms with E-state index in [1.807, 2.05) is 18.2 Å².